The van der Waals surface area contributed by atoms with Gasteiger partial charge in [0.25, 0.3) is 15.9 Å². The van der Waals surface area contributed by atoms with Crippen LogP contribution in [0.15, 0.2) is 23.1 Å². The Morgan fingerprint density at radius 1 is 1.35 bits per heavy atom. The number of hydrogen-bond acceptors (Lipinski definition) is 3. The highest BCUT2D eigenvalue weighted by Gasteiger charge is 2.40. The van der Waals surface area contributed by atoms with E-state index in [1.165, 1.54) is 12.1 Å². The number of hydrogen-bond donors (Lipinski definition) is 0. The first-order chi connectivity index (χ1) is 7.98. The lowest BCUT2D eigenvalue weighted by atomic mass is 10.2. The summed E-state index contributed by atoms with van der Waals surface area (Å²) in [5, 5.41) is 0. The Morgan fingerprint density at radius 2 is 2.06 bits per heavy atom. The Morgan fingerprint density at radius 3 is 2.71 bits per heavy atom. The smallest absolute Gasteiger partial charge is 0.268 e. The molecule has 0 N–H and O–H groups in total. The summed E-state index contributed by atoms with van der Waals surface area (Å²) in [6, 6.07) is 4.58. The number of benzene rings is 1. The second-order valence-electron chi connectivity index (χ2n) is 3.57. The number of carbonyl (C=O) groups excluding carboxylic acids is 1. The molecule has 0 saturated heterocycles. The molecular formula is C10H9FINO3S. The van der Waals surface area contributed by atoms with E-state index in [1.807, 2.05) is 22.6 Å². The summed E-state index contributed by atoms with van der Waals surface area (Å²) < 4.78 is 37.6. The fourth-order valence-corrected chi connectivity index (χ4v) is 3.76. The van der Waals surface area contributed by atoms with E-state index in [0.717, 1.165) is 7.88 Å². The molecule has 4 nitrogen and oxygen atoms in total. The van der Waals surface area contributed by atoms with Crippen LogP contribution in [0.3, 0.4) is 0 Å². The van der Waals surface area contributed by atoms with E-state index in [4.69, 9.17) is 0 Å². The van der Waals surface area contributed by atoms with Gasteiger partial charge in [-0.25, -0.2) is 12.7 Å². The molecule has 7 heteroatoms. The first-order valence-corrected chi connectivity index (χ1v) is 7.43. The molecule has 1 aliphatic rings. The summed E-state index contributed by atoms with van der Waals surface area (Å²) in [5.74, 6) is -0.563. The molecule has 1 aromatic rings. The summed E-state index contributed by atoms with van der Waals surface area (Å²) >= 11 is 2.01. The van der Waals surface area contributed by atoms with Crippen LogP contribution in [0.25, 0.3) is 0 Å². The van der Waals surface area contributed by atoms with Gasteiger partial charge in [0.15, 0.2) is 0 Å². The minimum Gasteiger partial charge on any atom is -0.268 e. The molecule has 1 amide bonds. The van der Waals surface area contributed by atoms with E-state index < -0.39 is 22.6 Å². The third kappa shape index (κ3) is 2.05. The molecule has 0 spiro atoms. The van der Waals surface area contributed by atoms with Gasteiger partial charge >= 0.3 is 0 Å². The normalized spacial score (nSPS) is 17.3. The predicted octanol–water partition coefficient (Wildman–Crippen LogP) is 1.80. The lowest BCUT2D eigenvalue weighted by molar-refractivity contribution is 0.0868. The molecule has 0 fully saturated rings. The second-order valence-corrected chi connectivity index (χ2v) is 6.64. The molecular weight excluding hydrogens is 360 g/mol. The molecule has 0 saturated carbocycles. The van der Waals surface area contributed by atoms with Crippen LogP contribution in [-0.4, -0.2) is 31.8 Å². The molecule has 0 unspecified atom stereocenters. The van der Waals surface area contributed by atoms with Crippen molar-refractivity contribution in [1.82, 2.24) is 4.31 Å². The van der Waals surface area contributed by atoms with E-state index >= 15 is 0 Å². The molecule has 0 aliphatic carbocycles. The highest BCUT2D eigenvalue weighted by Crippen LogP contribution is 2.31. The minimum absolute atomic E-state index is 0.0155. The minimum atomic E-state index is -3.77. The van der Waals surface area contributed by atoms with Crippen molar-refractivity contribution < 1.29 is 17.6 Å². The molecule has 17 heavy (non-hydrogen) atoms. The van der Waals surface area contributed by atoms with Gasteiger partial charge in [0.05, 0.1) is 12.2 Å². The fourth-order valence-electron chi connectivity index (χ4n) is 1.68. The molecule has 0 radical (unpaired) electrons. The van der Waals surface area contributed by atoms with E-state index in [9.17, 15) is 17.6 Å². The van der Waals surface area contributed by atoms with E-state index in [2.05, 4.69) is 0 Å². The van der Waals surface area contributed by atoms with Crippen LogP contribution in [0.5, 0.6) is 0 Å². The molecule has 0 atom stereocenters. The van der Waals surface area contributed by atoms with Gasteiger partial charge in [-0.05, 0) is 47.2 Å². The van der Waals surface area contributed by atoms with Gasteiger partial charge < -0.3 is 0 Å². The summed E-state index contributed by atoms with van der Waals surface area (Å²) in [6.07, 6.45) is 0.0239. The van der Waals surface area contributed by atoms with Crippen molar-refractivity contribution in [3.8, 4) is 0 Å². The fraction of sp³-hybridized carbons (Fsp3) is 0.300. The molecule has 1 aliphatic heterocycles. The summed E-state index contributed by atoms with van der Waals surface area (Å²) in [4.78, 5) is 11.9. The van der Waals surface area contributed by atoms with Crippen molar-refractivity contribution in [2.24, 2.45) is 0 Å². The van der Waals surface area contributed by atoms with Crippen molar-refractivity contribution in [1.29, 1.82) is 0 Å². The summed E-state index contributed by atoms with van der Waals surface area (Å²) in [5.41, 5.74) is 0.177. The maximum absolute atomic E-state index is 12.1. The largest absolute Gasteiger partial charge is 0.269 e. The quantitative estimate of drug-likeness (QED) is 0.764. The summed E-state index contributed by atoms with van der Waals surface area (Å²) in [7, 11) is -3.77. The highest BCUT2D eigenvalue weighted by molar-refractivity contribution is 14.1. The number of alkyl halides is 1. The zero-order valence-corrected chi connectivity index (χ0v) is 11.7. The van der Waals surface area contributed by atoms with Gasteiger partial charge in [0.1, 0.15) is 4.90 Å². The first kappa shape index (κ1) is 12.7. The Kier molecular flexibility index (Phi) is 3.39. The molecule has 1 aromatic carbocycles. The Labute approximate surface area is 112 Å². The van der Waals surface area contributed by atoms with Crippen LogP contribution in [0.2, 0.25) is 0 Å². The monoisotopic (exact) mass is 369 g/mol. The van der Waals surface area contributed by atoms with Gasteiger partial charge in [0, 0.05) is 10.1 Å². The van der Waals surface area contributed by atoms with Crippen molar-refractivity contribution in [2.75, 3.05) is 13.2 Å². The number of carbonyl (C=O) groups is 1. The zero-order chi connectivity index (χ0) is 12.6. The van der Waals surface area contributed by atoms with Crippen LogP contribution in [-0.2, 0) is 10.0 Å². The Balaban J connectivity index is 2.49. The number of rotatable bonds is 3. The maximum Gasteiger partial charge on any atom is 0.269 e. The van der Waals surface area contributed by atoms with Gasteiger partial charge in [-0.15, -0.1) is 0 Å². The predicted molar refractivity (Wildman–Crippen MR) is 68.0 cm³/mol. The Hall–Kier alpha value is -0.700. The number of sulfonamides is 1. The topological polar surface area (TPSA) is 54.5 Å². The van der Waals surface area contributed by atoms with Crippen LogP contribution in [0.4, 0.5) is 4.39 Å². The van der Waals surface area contributed by atoms with Crippen LogP contribution < -0.4 is 0 Å². The molecule has 2 rings (SSSR count). The SMILES string of the molecule is O=C1c2cc(I)ccc2S(=O)(=O)N1CCCF. The zero-order valence-electron chi connectivity index (χ0n) is 8.69. The third-order valence-corrected chi connectivity index (χ3v) is 4.97. The lowest BCUT2D eigenvalue weighted by Crippen LogP contribution is -2.31. The van der Waals surface area contributed by atoms with E-state index in [1.54, 1.807) is 6.07 Å². The van der Waals surface area contributed by atoms with Gasteiger partial charge in [0.2, 0.25) is 0 Å². The number of halogens is 2. The number of nitrogens with zero attached hydrogens (tertiary/aromatic N) is 1. The standard InChI is InChI=1S/C10H9FINO3S/c11-4-1-5-13-10(14)8-6-7(12)2-3-9(8)17(13,15)16/h2-3,6H,1,4-5H2. The van der Waals surface area contributed by atoms with Crippen molar-refractivity contribution >= 4 is 38.5 Å². The van der Waals surface area contributed by atoms with E-state index in [-0.39, 0.29) is 23.4 Å². The number of amides is 1. The average molecular weight is 369 g/mol. The Bertz CT molecular complexity index is 573. The second kappa shape index (κ2) is 4.52. The highest BCUT2D eigenvalue weighted by atomic mass is 127. The van der Waals surface area contributed by atoms with Crippen LogP contribution in [0, 0.1) is 3.57 Å². The lowest BCUT2D eigenvalue weighted by Gasteiger charge is -2.13. The van der Waals surface area contributed by atoms with Crippen molar-refractivity contribution in [3.63, 3.8) is 0 Å². The maximum atomic E-state index is 12.1. The summed E-state index contributed by atoms with van der Waals surface area (Å²) in [6.45, 7) is -0.754. The average Bonchev–Trinajstić information content (AvgIpc) is 2.45. The van der Waals surface area contributed by atoms with Crippen molar-refractivity contribution in [3.05, 3.63) is 27.3 Å². The van der Waals surface area contributed by atoms with Crippen molar-refractivity contribution in [2.45, 2.75) is 11.3 Å². The molecule has 0 aromatic heterocycles. The molecule has 92 valence electrons. The van der Waals surface area contributed by atoms with Crippen LogP contribution >= 0.6 is 22.6 Å². The van der Waals surface area contributed by atoms with Gasteiger partial charge in [-0.1, -0.05) is 0 Å². The van der Waals surface area contributed by atoms with Crippen LogP contribution in [0.1, 0.15) is 16.8 Å². The molecule has 0 bridgehead atoms. The first-order valence-electron chi connectivity index (χ1n) is 4.91. The van der Waals surface area contributed by atoms with Gasteiger partial charge in [-0.2, -0.15) is 0 Å². The van der Waals surface area contributed by atoms with E-state index in [0.29, 0.717) is 0 Å². The molecule has 1 heterocycles. The third-order valence-electron chi connectivity index (χ3n) is 2.46. The number of fused-ring (bicyclic) bond motifs is 1. The van der Waals surface area contributed by atoms with Gasteiger partial charge in [-0.3, -0.25) is 9.18 Å².